The van der Waals surface area contributed by atoms with Crippen LogP contribution in [0.5, 0.6) is 0 Å². The number of halogens is 1. The molecular formula is C15H19ClN4O2. The summed E-state index contributed by atoms with van der Waals surface area (Å²) in [6.07, 6.45) is 4.14. The minimum Gasteiger partial charge on any atom is -0.378 e. The first-order valence-corrected chi connectivity index (χ1v) is 7.82. The lowest BCUT2D eigenvalue weighted by atomic mass is 10.1. The molecule has 0 bridgehead atoms. The Labute approximate surface area is 134 Å². The van der Waals surface area contributed by atoms with Crippen LogP contribution in [-0.4, -0.2) is 58.0 Å². The second-order valence-electron chi connectivity index (χ2n) is 6.07. The molecule has 0 aliphatic carbocycles. The summed E-state index contributed by atoms with van der Waals surface area (Å²) in [5.41, 5.74) is -1.09. The largest absolute Gasteiger partial charge is 0.378 e. The third-order valence-electron chi connectivity index (χ3n) is 3.66. The van der Waals surface area contributed by atoms with Crippen LogP contribution in [0, 0.1) is 11.8 Å². The van der Waals surface area contributed by atoms with E-state index in [2.05, 4.69) is 26.8 Å². The summed E-state index contributed by atoms with van der Waals surface area (Å²) in [7, 11) is 0. The van der Waals surface area contributed by atoms with Crippen LogP contribution in [0.4, 0.5) is 0 Å². The molecule has 3 aliphatic rings. The van der Waals surface area contributed by atoms with Crippen molar-refractivity contribution in [2.75, 3.05) is 6.61 Å². The molecule has 7 heteroatoms. The summed E-state index contributed by atoms with van der Waals surface area (Å²) >= 11 is 6.16. The van der Waals surface area contributed by atoms with Gasteiger partial charge in [-0.3, -0.25) is 4.90 Å². The van der Waals surface area contributed by atoms with E-state index in [1.165, 1.54) is 6.34 Å². The maximum absolute atomic E-state index is 9.83. The first-order valence-electron chi connectivity index (χ1n) is 7.44. The number of hydrogen-bond donors (Lipinski definition) is 1. The number of ether oxygens (including phenoxy) is 1. The number of aliphatic imine (C=N–C) groups is 3. The standard InChI is InChI=1S/C15H19ClN4O2/c1-15(2,21)7-6-10-19-12-13(16)17-9-18-14(12)20(10)11-5-3-4-8-22-11/h9,11-12,14,21H,3-5,8H2,1-2H3. The van der Waals surface area contributed by atoms with E-state index in [1.54, 1.807) is 13.8 Å². The van der Waals surface area contributed by atoms with E-state index < -0.39 is 5.60 Å². The molecule has 0 saturated carbocycles. The molecule has 3 aliphatic heterocycles. The summed E-state index contributed by atoms with van der Waals surface area (Å²) in [6, 6.07) is -0.344. The number of aliphatic hydroxyl groups is 1. The van der Waals surface area contributed by atoms with Gasteiger partial charge in [0.1, 0.15) is 29.4 Å². The van der Waals surface area contributed by atoms with E-state index in [0.29, 0.717) is 11.0 Å². The molecule has 1 fully saturated rings. The van der Waals surface area contributed by atoms with E-state index in [0.717, 1.165) is 25.9 Å². The molecule has 3 rings (SSSR count). The minimum absolute atomic E-state index is 0.113. The van der Waals surface area contributed by atoms with Crippen LogP contribution in [0.25, 0.3) is 0 Å². The zero-order valence-corrected chi connectivity index (χ0v) is 13.4. The fourth-order valence-corrected chi connectivity index (χ4v) is 2.87. The monoisotopic (exact) mass is 322 g/mol. The second kappa shape index (κ2) is 5.99. The molecule has 1 N–H and O–H groups in total. The van der Waals surface area contributed by atoms with Crippen LogP contribution in [0.15, 0.2) is 15.0 Å². The van der Waals surface area contributed by atoms with Crippen molar-refractivity contribution in [2.45, 2.75) is 57.1 Å². The van der Waals surface area contributed by atoms with Crippen LogP contribution in [0.1, 0.15) is 33.1 Å². The van der Waals surface area contributed by atoms with Crippen molar-refractivity contribution >= 4 is 28.9 Å². The van der Waals surface area contributed by atoms with Crippen LogP contribution >= 0.6 is 11.6 Å². The van der Waals surface area contributed by atoms with Crippen LogP contribution in [0.3, 0.4) is 0 Å². The van der Waals surface area contributed by atoms with E-state index in [1.807, 2.05) is 4.90 Å². The lowest BCUT2D eigenvalue weighted by Crippen LogP contribution is -2.49. The Bertz CT molecular complexity index is 591. The average Bonchev–Trinajstić information content (AvgIpc) is 2.85. The van der Waals surface area contributed by atoms with Crippen molar-refractivity contribution in [2.24, 2.45) is 15.0 Å². The first kappa shape index (κ1) is 15.5. The molecule has 22 heavy (non-hydrogen) atoms. The van der Waals surface area contributed by atoms with Gasteiger partial charge in [0.2, 0.25) is 0 Å². The molecule has 0 aromatic carbocycles. The van der Waals surface area contributed by atoms with E-state index in [9.17, 15) is 5.11 Å². The van der Waals surface area contributed by atoms with Gasteiger partial charge in [-0.2, -0.15) is 0 Å². The van der Waals surface area contributed by atoms with E-state index >= 15 is 0 Å². The van der Waals surface area contributed by atoms with Crippen LogP contribution in [0.2, 0.25) is 0 Å². The Balaban J connectivity index is 1.92. The predicted octanol–water partition coefficient (Wildman–Crippen LogP) is 1.38. The molecular weight excluding hydrogens is 304 g/mol. The van der Waals surface area contributed by atoms with Crippen molar-refractivity contribution in [3.05, 3.63) is 0 Å². The van der Waals surface area contributed by atoms with Gasteiger partial charge in [0.15, 0.2) is 12.0 Å². The van der Waals surface area contributed by atoms with Gasteiger partial charge in [0, 0.05) is 6.61 Å². The summed E-state index contributed by atoms with van der Waals surface area (Å²) in [5, 5.41) is 10.2. The van der Waals surface area contributed by atoms with Crippen LogP contribution < -0.4 is 0 Å². The minimum atomic E-state index is -1.09. The third-order valence-corrected chi connectivity index (χ3v) is 3.99. The summed E-state index contributed by atoms with van der Waals surface area (Å²) in [4.78, 5) is 14.9. The second-order valence-corrected chi connectivity index (χ2v) is 6.45. The molecule has 0 radical (unpaired) electrons. The highest BCUT2D eigenvalue weighted by Crippen LogP contribution is 2.29. The number of rotatable bonds is 1. The SMILES string of the molecule is CC(C)(O)C#CC1=NC2C(Cl)=NC=NC2N1C1CCCCO1. The molecule has 118 valence electrons. The van der Waals surface area contributed by atoms with Crippen molar-refractivity contribution in [3.63, 3.8) is 0 Å². The lowest BCUT2D eigenvalue weighted by Gasteiger charge is -2.36. The lowest BCUT2D eigenvalue weighted by molar-refractivity contribution is -0.0648. The highest BCUT2D eigenvalue weighted by Gasteiger charge is 2.43. The molecule has 3 atom stereocenters. The summed E-state index contributed by atoms with van der Waals surface area (Å²) in [6.45, 7) is 3.99. The highest BCUT2D eigenvalue weighted by atomic mass is 35.5. The molecule has 3 heterocycles. The molecule has 1 saturated heterocycles. The van der Waals surface area contributed by atoms with Crippen molar-refractivity contribution in [3.8, 4) is 11.8 Å². The summed E-state index contributed by atoms with van der Waals surface area (Å²) in [5.74, 6) is 6.31. The van der Waals surface area contributed by atoms with Gasteiger partial charge in [-0.05, 0) is 39.0 Å². The van der Waals surface area contributed by atoms with Gasteiger partial charge >= 0.3 is 0 Å². The Morgan fingerprint density at radius 1 is 1.45 bits per heavy atom. The van der Waals surface area contributed by atoms with Gasteiger partial charge in [-0.15, -0.1) is 0 Å². The predicted molar refractivity (Wildman–Crippen MR) is 86.3 cm³/mol. The Hall–Kier alpha value is -1.42. The smallest absolute Gasteiger partial charge is 0.181 e. The topological polar surface area (TPSA) is 69.8 Å². The van der Waals surface area contributed by atoms with Gasteiger partial charge < -0.3 is 9.84 Å². The molecule has 0 spiro atoms. The third kappa shape index (κ3) is 3.17. The maximum atomic E-state index is 9.83. The molecule has 0 aromatic rings. The number of nitrogens with zero attached hydrogens (tertiary/aromatic N) is 4. The average molecular weight is 323 g/mol. The Morgan fingerprint density at radius 2 is 2.27 bits per heavy atom. The van der Waals surface area contributed by atoms with Crippen LogP contribution in [-0.2, 0) is 4.74 Å². The van der Waals surface area contributed by atoms with Gasteiger partial charge in [0.25, 0.3) is 0 Å². The van der Waals surface area contributed by atoms with Gasteiger partial charge in [0.05, 0.1) is 0 Å². The summed E-state index contributed by atoms with van der Waals surface area (Å²) < 4.78 is 5.87. The van der Waals surface area contributed by atoms with Crippen molar-refractivity contribution in [1.29, 1.82) is 0 Å². The van der Waals surface area contributed by atoms with Gasteiger partial charge in [-0.25, -0.2) is 15.0 Å². The molecule has 3 unspecified atom stereocenters. The zero-order valence-electron chi connectivity index (χ0n) is 12.7. The first-order chi connectivity index (χ1) is 10.5. The molecule has 6 nitrogen and oxygen atoms in total. The van der Waals surface area contributed by atoms with Crippen molar-refractivity contribution < 1.29 is 9.84 Å². The number of amidine groups is 1. The van der Waals surface area contributed by atoms with Crippen molar-refractivity contribution in [1.82, 2.24) is 4.90 Å². The Morgan fingerprint density at radius 3 is 2.95 bits per heavy atom. The normalized spacial score (nSPS) is 31.1. The van der Waals surface area contributed by atoms with E-state index in [-0.39, 0.29) is 18.4 Å². The fourth-order valence-electron chi connectivity index (χ4n) is 2.66. The zero-order chi connectivity index (χ0) is 15.7. The fraction of sp³-hybridized carbons (Fsp3) is 0.667. The van der Waals surface area contributed by atoms with Gasteiger partial charge in [-0.1, -0.05) is 17.5 Å². The maximum Gasteiger partial charge on any atom is 0.181 e. The molecule has 0 aromatic heterocycles. The molecule has 0 amide bonds. The number of hydrogen-bond acceptors (Lipinski definition) is 6. The van der Waals surface area contributed by atoms with E-state index in [4.69, 9.17) is 16.3 Å². The highest BCUT2D eigenvalue weighted by molar-refractivity contribution is 6.67. The Kier molecular flexibility index (Phi) is 4.22. The quantitative estimate of drug-likeness (QED) is 0.741. The number of fused-ring (bicyclic) bond motifs is 1.